The molecule has 2 rings (SSSR count). The van der Waals surface area contributed by atoms with Gasteiger partial charge in [0.2, 0.25) is 5.88 Å². The van der Waals surface area contributed by atoms with Crippen LogP contribution >= 0.6 is 0 Å². The lowest BCUT2D eigenvalue weighted by atomic mass is 10.1. The van der Waals surface area contributed by atoms with Crippen LogP contribution in [0.4, 0.5) is 0 Å². The second-order valence-electron chi connectivity index (χ2n) is 4.35. The molecule has 0 fully saturated rings. The lowest BCUT2D eigenvalue weighted by molar-refractivity contribution is 0.328. The number of hydrogen-bond donors (Lipinski definition) is 1. The first kappa shape index (κ1) is 11.9. The number of fused-ring (bicyclic) bond motifs is 1. The average Bonchev–Trinajstić information content (AvgIpc) is 2.70. The molecule has 0 saturated heterocycles. The van der Waals surface area contributed by atoms with E-state index in [1.54, 1.807) is 0 Å². The van der Waals surface area contributed by atoms with E-state index in [1.807, 2.05) is 19.1 Å². The predicted molar refractivity (Wildman–Crippen MR) is 68.2 cm³/mol. The molecular weight excluding hydrogens is 214 g/mol. The third-order valence-electron chi connectivity index (χ3n) is 2.90. The molecule has 1 unspecified atom stereocenters. The maximum Gasteiger partial charge on any atom is 0.215 e. The molecule has 2 aromatic heterocycles. The van der Waals surface area contributed by atoms with E-state index in [-0.39, 0.29) is 0 Å². The van der Waals surface area contributed by atoms with Crippen molar-refractivity contribution in [3.8, 4) is 5.88 Å². The number of nitrogens with one attached hydrogen (secondary N) is 1. The van der Waals surface area contributed by atoms with Gasteiger partial charge in [0.25, 0.3) is 0 Å². The number of pyridine rings is 1. The number of ether oxygens (including phenoxy) is 1. The van der Waals surface area contributed by atoms with Crippen LogP contribution in [0.3, 0.4) is 0 Å². The second-order valence-corrected chi connectivity index (χ2v) is 4.35. The van der Waals surface area contributed by atoms with Gasteiger partial charge in [0.05, 0.1) is 12.1 Å². The monoisotopic (exact) mass is 233 g/mol. The Balaban J connectivity index is 2.24. The number of aromatic nitrogens is 3. The molecule has 0 aliphatic rings. The summed E-state index contributed by atoms with van der Waals surface area (Å²) in [6, 6.07) is 3.84. The Labute approximate surface area is 101 Å². The molecule has 0 bridgehead atoms. The number of rotatable bonds is 5. The fraction of sp³-hybridized carbons (Fsp3) is 0.538. The highest BCUT2D eigenvalue weighted by Gasteiger charge is 2.08. The van der Waals surface area contributed by atoms with Crippen molar-refractivity contribution in [2.24, 2.45) is 5.92 Å². The first-order valence-corrected chi connectivity index (χ1v) is 6.21. The summed E-state index contributed by atoms with van der Waals surface area (Å²) in [6.07, 6.45) is 2.13. The summed E-state index contributed by atoms with van der Waals surface area (Å²) in [7, 11) is 0. The van der Waals surface area contributed by atoms with Crippen LogP contribution in [0.1, 0.15) is 33.0 Å². The topological polar surface area (TPSA) is 50.8 Å². The lowest BCUT2D eigenvalue weighted by Gasteiger charge is -2.03. The predicted octanol–water partition coefficient (Wildman–Crippen LogP) is 2.95. The third-order valence-corrected chi connectivity index (χ3v) is 2.90. The van der Waals surface area contributed by atoms with Gasteiger partial charge in [0, 0.05) is 12.5 Å². The van der Waals surface area contributed by atoms with E-state index in [0.29, 0.717) is 18.4 Å². The van der Waals surface area contributed by atoms with Gasteiger partial charge in [-0.15, -0.1) is 0 Å². The van der Waals surface area contributed by atoms with Crippen molar-refractivity contribution >= 4 is 11.2 Å². The molecule has 1 atom stereocenters. The van der Waals surface area contributed by atoms with Crippen LogP contribution < -0.4 is 4.74 Å². The minimum absolute atomic E-state index is 0.628. The molecule has 92 valence electrons. The van der Waals surface area contributed by atoms with Gasteiger partial charge in [-0.25, -0.2) is 4.98 Å². The summed E-state index contributed by atoms with van der Waals surface area (Å²) in [5.74, 6) is 2.29. The van der Waals surface area contributed by atoms with Crippen LogP contribution in [0.15, 0.2) is 12.1 Å². The minimum Gasteiger partial charge on any atom is -0.478 e. The zero-order chi connectivity index (χ0) is 12.3. The summed E-state index contributed by atoms with van der Waals surface area (Å²) >= 11 is 0. The van der Waals surface area contributed by atoms with Crippen LogP contribution in [0, 0.1) is 5.92 Å². The molecule has 2 aromatic rings. The zero-order valence-corrected chi connectivity index (χ0v) is 10.7. The van der Waals surface area contributed by atoms with Crippen molar-refractivity contribution in [3.05, 3.63) is 18.0 Å². The Kier molecular flexibility index (Phi) is 3.61. The summed E-state index contributed by atoms with van der Waals surface area (Å²) < 4.78 is 5.36. The van der Waals surface area contributed by atoms with E-state index in [0.717, 1.165) is 29.8 Å². The summed E-state index contributed by atoms with van der Waals surface area (Å²) in [5.41, 5.74) is 1.72. The van der Waals surface area contributed by atoms with Crippen LogP contribution in [0.25, 0.3) is 11.2 Å². The molecule has 1 N–H and O–H groups in total. The zero-order valence-electron chi connectivity index (χ0n) is 10.7. The maximum absolute atomic E-state index is 5.36. The van der Waals surface area contributed by atoms with E-state index >= 15 is 0 Å². The van der Waals surface area contributed by atoms with Gasteiger partial charge >= 0.3 is 0 Å². The number of H-pyrrole nitrogens is 1. The SMILES string of the molecule is CCOc1ccc2[nH]c(CC(C)CC)nc2n1. The number of nitrogens with zero attached hydrogens (tertiary/aromatic N) is 2. The fourth-order valence-corrected chi connectivity index (χ4v) is 1.72. The molecule has 0 saturated carbocycles. The van der Waals surface area contributed by atoms with Crippen LogP contribution in [-0.2, 0) is 6.42 Å². The number of hydrogen-bond acceptors (Lipinski definition) is 3. The van der Waals surface area contributed by atoms with Crippen molar-refractivity contribution < 1.29 is 4.74 Å². The van der Waals surface area contributed by atoms with Gasteiger partial charge in [0.1, 0.15) is 5.82 Å². The summed E-state index contributed by atoms with van der Waals surface area (Å²) in [4.78, 5) is 12.2. The molecule has 0 aliphatic carbocycles. The normalized spacial score (nSPS) is 12.9. The third kappa shape index (κ3) is 2.75. The maximum atomic E-state index is 5.36. The molecule has 0 aromatic carbocycles. The van der Waals surface area contributed by atoms with Gasteiger partial charge < -0.3 is 9.72 Å². The van der Waals surface area contributed by atoms with Gasteiger partial charge in [0.15, 0.2) is 5.65 Å². The van der Waals surface area contributed by atoms with Gasteiger partial charge in [-0.3, -0.25) is 0 Å². The Morgan fingerprint density at radius 3 is 2.82 bits per heavy atom. The first-order valence-electron chi connectivity index (χ1n) is 6.21. The van der Waals surface area contributed by atoms with E-state index in [4.69, 9.17) is 4.74 Å². The summed E-state index contributed by atoms with van der Waals surface area (Å²) in [6.45, 7) is 7.00. The number of aromatic amines is 1. The molecule has 4 heteroatoms. The Hall–Kier alpha value is -1.58. The van der Waals surface area contributed by atoms with Gasteiger partial charge in [-0.05, 0) is 18.9 Å². The molecule has 2 heterocycles. The number of imidazole rings is 1. The van der Waals surface area contributed by atoms with E-state index in [1.165, 1.54) is 0 Å². The molecule has 4 nitrogen and oxygen atoms in total. The molecule has 0 aliphatic heterocycles. The van der Waals surface area contributed by atoms with Gasteiger partial charge in [-0.2, -0.15) is 4.98 Å². The van der Waals surface area contributed by atoms with Crippen molar-refractivity contribution in [1.82, 2.24) is 15.0 Å². The van der Waals surface area contributed by atoms with E-state index < -0.39 is 0 Å². The molecular formula is C13H19N3O. The van der Waals surface area contributed by atoms with Crippen LogP contribution in [0.5, 0.6) is 5.88 Å². The van der Waals surface area contributed by atoms with E-state index in [9.17, 15) is 0 Å². The van der Waals surface area contributed by atoms with Crippen molar-refractivity contribution in [1.29, 1.82) is 0 Å². The van der Waals surface area contributed by atoms with Gasteiger partial charge in [-0.1, -0.05) is 20.3 Å². The standard InChI is InChI=1S/C13H19N3O/c1-4-9(3)8-11-14-10-6-7-12(17-5-2)16-13(10)15-11/h6-7,9H,4-5,8H2,1-3H3,(H,14,15,16). The Morgan fingerprint density at radius 1 is 1.29 bits per heavy atom. The molecule has 0 amide bonds. The second kappa shape index (κ2) is 5.17. The largest absolute Gasteiger partial charge is 0.478 e. The first-order chi connectivity index (χ1) is 8.22. The Morgan fingerprint density at radius 2 is 2.12 bits per heavy atom. The van der Waals surface area contributed by atoms with Crippen molar-refractivity contribution in [2.75, 3.05) is 6.61 Å². The highest BCUT2D eigenvalue weighted by atomic mass is 16.5. The molecule has 17 heavy (non-hydrogen) atoms. The summed E-state index contributed by atoms with van der Waals surface area (Å²) in [5, 5.41) is 0. The highest BCUT2D eigenvalue weighted by molar-refractivity contribution is 5.71. The molecule has 0 spiro atoms. The lowest BCUT2D eigenvalue weighted by Crippen LogP contribution is -1.99. The smallest absolute Gasteiger partial charge is 0.215 e. The van der Waals surface area contributed by atoms with Crippen molar-refractivity contribution in [2.45, 2.75) is 33.6 Å². The van der Waals surface area contributed by atoms with Crippen LogP contribution in [0.2, 0.25) is 0 Å². The average molecular weight is 233 g/mol. The minimum atomic E-state index is 0.628. The molecule has 0 radical (unpaired) electrons. The van der Waals surface area contributed by atoms with Crippen molar-refractivity contribution in [3.63, 3.8) is 0 Å². The highest BCUT2D eigenvalue weighted by Crippen LogP contribution is 2.16. The Bertz CT molecular complexity index is 492. The van der Waals surface area contributed by atoms with E-state index in [2.05, 4.69) is 28.8 Å². The van der Waals surface area contributed by atoms with Crippen LogP contribution in [-0.4, -0.2) is 21.6 Å². The quantitative estimate of drug-likeness (QED) is 0.863. The fourth-order valence-electron chi connectivity index (χ4n) is 1.72.